The van der Waals surface area contributed by atoms with Gasteiger partial charge in [-0.15, -0.1) is 5.10 Å². The van der Waals surface area contributed by atoms with E-state index in [2.05, 4.69) is 9.59 Å². The van der Waals surface area contributed by atoms with E-state index >= 15 is 0 Å². The second-order valence-electron chi connectivity index (χ2n) is 3.52. The molecule has 8 heteroatoms. The molecule has 7 nitrogen and oxygen atoms in total. The zero-order chi connectivity index (χ0) is 13.5. The highest BCUT2D eigenvalue weighted by Gasteiger charge is 2.23. The maximum atomic E-state index is 12.2. The number of aromatic nitrogens is 2. The summed E-state index contributed by atoms with van der Waals surface area (Å²) in [4.78, 5) is 24.5. The Hall–Kier alpha value is -1.54. The molecule has 18 heavy (non-hydrogen) atoms. The number of carboxylic acids is 1. The van der Waals surface area contributed by atoms with Gasteiger partial charge in [0.2, 0.25) is 0 Å². The topological polar surface area (TPSA) is 92.6 Å². The average molecular weight is 273 g/mol. The Morgan fingerprint density at radius 1 is 1.50 bits per heavy atom. The van der Waals surface area contributed by atoms with E-state index in [1.54, 1.807) is 0 Å². The lowest BCUT2D eigenvalue weighted by molar-refractivity contribution is -0.137. The van der Waals surface area contributed by atoms with Crippen molar-refractivity contribution < 1.29 is 19.4 Å². The molecule has 1 aromatic heterocycles. The highest BCUT2D eigenvalue weighted by molar-refractivity contribution is 7.08. The van der Waals surface area contributed by atoms with E-state index in [9.17, 15) is 9.59 Å². The molecule has 0 saturated carbocycles. The minimum absolute atomic E-state index is 0.225. The molecular formula is C10H15N3O4S. The Morgan fingerprint density at radius 2 is 2.22 bits per heavy atom. The van der Waals surface area contributed by atoms with Gasteiger partial charge in [0.25, 0.3) is 5.91 Å². The van der Waals surface area contributed by atoms with Crippen LogP contribution in [0.4, 0.5) is 0 Å². The highest BCUT2D eigenvalue weighted by atomic mass is 32.1. The number of ether oxygens (including phenoxy) is 1. The minimum Gasteiger partial charge on any atom is -0.480 e. The van der Waals surface area contributed by atoms with Crippen LogP contribution in [-0.4, -0.2) is 58.3 Å². The number of methoxy groups -OCH3 is 1. The van der Waals surface area contributed by atoms with Gasteiger partial charge < -0.3 is 14.7 Å². The first-order valence-corrected chi connectivity index (χ1v) is 6.18. The molecule has 1 amide bonds. The predicted molar refractivity (Wildman–Crippen MR) is 64.7 cm³/mol. The average Bonchev–Trinajstić information content (AvgIpc) is 2.81. The van der Waals surface area contributed by atoms with Crippen molar-refractivity contribution >= 4 is 23.4 Å². The molecule has 0 aliphatic carbocycles. The summed E-state index contributed by atoms with van der Waals surface area (Å²) in [6, 6.07) is 0. The first-order chi connectivity index (χ1) is 8.60. The number of hydrogen-bond donors (Lipinski definition) is 1. The van der Waals surface area contributed by atoms with E-state index in [4.69, 9.17) is 9.84 Å². The summed E-state index contributed by atoms with van der Waals surface area (Å²) >= 11 is 0.985. The molecule has 1 N–H and O–H groups in total. The zero-order valence-corrected chi connectivity index (χ0v) is 11.1. The molecule has 0 fully saturated rings. The lowest BCUT2D eigenvalue weighted by Gasteiger charge is -2.19. The van der Waals surface area contributed by atoms with E-state index in [1.165, 1.54) is 12.0 Å². The molecule has 1 aromatic rings. The fourth-order valence-electron chi connectivity index (χ4n) is 1.36. The monoisotopic (exact) mass is 273 g/mol. The Morgan fingerprint density at radius 3 is 2.78 bits per heavy atom. The highest BCUT2D eigenvalue weighted by Crippen LogP contribution is 2.14. The summed E-state index contributed by atoms with van der Waals surface area (Å²) in [6.45, 7) is 2.02. The van der Waals surface area contributed by atoms with Crippen LogP contribution in [-0.2, 0) is 16.0 Å². The summed E-state index contributed by atoms with van der Waals surface area (Å²) in [5.74, 6) is -1.42. The third-order valence-electron chi connectivity index (χ3n) is 2.26. The molecule has 0 radical (unpaired) electrons. The van der Waals surface area contributed by atoms with Crippen LogP contribution in [0.15, 0.2) is 0 Å². The van der Waals surface area contributed by atoms with E-state index in [0.717, 1.165) is 11.5 Å². The van der Waals surface area contributed by atoms with Crippen molar-refractivity contribution in [2.75, 3.05) is 26.8 Å². The number of carbonyl (C=O) groups excluding carboxylic acids is 1. The van der Waals surface area contributed by atoms with Crippen LogP contribution in [0.1, 0.15) is 22.3 Å². The van der Waals surface area contributed by atoms with Crippen LogP contribution in [0.3, 0.4) is 0 Å². The second-order valence-corrected chi connectivity index (χ2v) is 4.27. The molecule has 0 aromatic carbocycles. The molecule has 0 spiro atoms. The Balaban J connectivity index is 2.83. The molecule has 0 unspecified atom stereocenters. The minimum atomic E-state index is -1.06. The second kappa shape index (κ2) is 7.02. The number of carboxylic acid groups (broad SMARTS) is 1. The number of amides is 1. The van der Waals surface area contributed by atoms with Crippen LogP contribution < -0.4 is 0 Å². The summed E-state index contributed by atoms with van der Waals surface area (Å²) in [7, 11) is 1.50. The molecule has 0 aliphatic heterocycles. The van der Waals surface area contributed by atoms with E-state index in [-0.39, 0.29) is 25.6 Å². The number of nitrogens with zero attached hydrogens (tertiary/aromatic N) is 3. The first-order valence-electron chi connectivity index (χ1n) is 5.41. The smallest absolute Gasteiger partial charge is 0.323 e. The Kier molecular flexibility index (Phi) is 5.66. The summed E-state index contributed by atoms with van der Waals surface area (Å²) in [5.41, 5.74) is 0.595. The quantitative estimate of drug-likeness (QED) is 0.766. The van der Waals surface area contributed by atoms with E-state index in [1.807, 2.05) is 6.92 Å². The number of aryl methyl sites for hydroxylation is 1. The van der Waals surface area contributed by atoms with Crippen LogP contribution >= 0.6 is 11.5 Å². The van der Waals surface area contributed by atoms with Crippen molar-refractivity contribution in [2.45, 2.75) is 13.3 Å². The van der Waals surface area contributed by atoms with Gasteiger partial charge >= 0.3 is 5.97 Å². The van der Waals surface area contributed by atoms with Crippen molar-refractivity contribution in [1.82, 2.24) is 14.5 Å². The van der Waals surface area contributed by atoms with Crippen LogP contribution in [0.25, 0.3) is 0 Å². The molecule has 100 valence electrons. The van der Waals surface area contributed by atoms with Gasteiger partial charge in [-0.25, -0.2) is 0 Å². The van der Waals surface area contributed by atoms with Crippen LogP contribution in [0.5, 0.6) is 0 Å². The van der Waals surface area contributed by atoms with Crippen LogP contribution in [0, 0.1) is 0 Å². The number of rotatable bonds is 7. The molecule has 0 atom stereocenters. The molecule has 1 heterocycles. The fourth-order valence-corrected chi connectivity index (χ4v) is 2.08. The lowest BCUT2D eigenvalue weighted by Crippen LogP contribution is -2.38. The normalized spacial score (nSPS) is 10.3. The number of carbonyl (C=O) groups is 2. The van der Waals surface area contributed by atoms with E-state index < -0.39 is 5.97 Å². The van der Waals surface area contributed by atoms with Crippen molar-refractivity contribution in [3.05, 3.63) is 10.6 Å². The lowest BCUT2D eigenvalue weighted by atomic mass is 10.2. The maximum Gasteiger partial charge on any atom is 0.323 e. The molecule has 0 bridgehead atoms. The van der Waals surface area contributed by atoms with Gasteiger partial charge in [-0.1, -0.05) is 11.4 Å². The van der Waals surface area contributed by atoms with Crippen molar-refractivity contribution in [3.63, 3.8) is 0 Å². The van der Waals surface area contributed by atoms with Gasteiger partial charge in [0, 0.05) is 13.7 Å². The fraction of sp³-hybridized carbons (Fsp3) is 0.600. The van der Waals surface area contributed by atoms with Gasteiger partial charge in [-0.05, 0) is 18.0 Å². The van der Waals surface area contributed by atoms with Crippen molar-refractivity contribution in [1.29, 1.82) is 0 Å². The first kappa shape index (κ1) is 14.5. The summed E-state index contributed by atoms with van der Waals surface area (Å²) < 4.78 is 8.58. The van der Waals surface area contributed by atoms with Gasteiger partial charge in [-0.2, -0.15) is 0 Å². The third-order valence-corrected chi connectivity index (χ3v) is 3.02. The summed E-state index contributed by atoms with van der Waals surface area (Å²) in [5, 5.41) is 12.6. The van der Waals surface area contributed by atoms with Gasteiger partial charge in [0.15, 0.2) is 0 Å². The number of hydrogen-bond acceptors (Lipinski definition) is 6. The SMILES string of the molecule is CCc1nnsc1C(=O)N(CCOC)CC(=O)O. The maximum absolute atomic E-state index is 12.2. The van der Waals surface area contributed by atoms with Gasteiger partial charge in [0.1, 0.15) is 11.4 Å². The molecule has 0 saturated heterocycles. The zero-order valence-electron chi connectivity index (χ0n) is 10.3. The standard InChI is InChI=1S/C10H15N3O4S/c1-3-7-9(18-12-11-7)10(16)13(4-5-17-2)6-8(14)15/h3-6H2,1-2H3,(H,14,15). The molecule has 0 aliphatic rings. The summed E-state index contributed by atoms with van der Waals surface area (Å²) in [6.07, 6.45) is 0.586. The van der Waals surface area contributed by atoms with E-state index in [0.29, 0.717) is 17.0 Å². The van der Waals surface area contributed by atoms with Gasteiger partial charge in [0.05, 0.1) is 12.3 Å². The molecule has 1 rings (SSSR count). The van der Waals surface area contributed by atoms with Crippen molar-refractivity contribution in [3.8, 4) is 0 Å². The molecular weight excluding hydrogens is 258 g/mol. The van der Waals surface area contributed by atoms with Crippen LogP contribution in [0.2, 0.25) is 0 Å². The Labute approximate surface area is 109 Å². The largest absolute Gasteiger partial charge is 0.480 e. The predicted octanol–water partition coefficient (Wildman–Crippen LogP) is 0.274. The Bertz CT molecular complexity index is 421. The van der Waals surface area contributed by atoms with Crippen molar-refractivity contribution in [2.24, 2.45) is 0 Å². The third kappa shape index (κ3) is 3.74. The van der Waals surface area contributed by atoms with Gasteiger partial charge in [-0.3, -0.25) is 9.59 Å². The number of aliphatic carboxylic acids is 1.